The van der Waals surface area contributed by atoms with Crippen LogP contribution in [-0.4, -0.2) is 43.2 Å². The smallest absolute Gasteiger partial charge is 0.315 e. The Balaban J connectivity index is 2.25. The van der Waals surface area contributed by atoms with Gasteiger partial charge in [0.15, 0.2) is 0 Å². The molecule has 0 radical (unpaired) electrons. The number of nitrogens with zero attached hydrogens (tertiary/aromatic N) is 1. The number of carbonyl (C=O) groups is 1. The number of carbonyl (C=O) groups excluding carboxylic acids is 1. The SMILES string of the molecule is C#CCNC(=O)NC[C@H]1CCCN1CC(C)C. The van der Waals surface area contributed by atoms with Gasteiger partial charge in [-0.3, -0.25) is 4.90 Å². The number of rotatable bonds is 5. The fourth-order valence-electron chi connectivity index (χ4n) is 2.24. The van der Waals surface area contributed by atoms with Crippen LogP contribution in [0.1, 0.15) is 26.7 Å². The van der Waals surface area contributed by atoms with Gasteiger partial charge in [-0.15, -0.1) is 6.42 Å². The second kappa shape index (κ2) is 7.18. The fraction of sp³-hybridized carbons (Fsp3) is 0.769. The van der Waals surface area contributed by atoms with Gasteiger partial charge in [0, 0.05) is 19.1 Å². The molecule has 0 bridgehead atoms. The van der Waals surface area contributed by atoms with Gasteiger partial charge >= 0.3 is 6.03 Å². The molecule has 1 saturated heterocycles. The Morgan fingerprint density at radius 1 is 1.53 bits per heavy atom. The number of terminal acetylenes is 1. The van der Waals surface area contributed by atoms with Crippen molar-refractivity contribution in [2.75, 3.05) is 26.2 Å². The molecule has 2 amide bonds. The molecule has 17 heavy (non-hydrogen) atoms. The third-order valence-electron chi connectivity index (χ3n) is 2.95. The van der Waals surface area contributed by atoms with Crippen molar-refractivity contribution >= 4 is 6.03 Å². The van der Waals surface area contributed by atoms with Gasteiger partial charge in [0.05, 0.1) is 6.54 Å². The lowest BCUT2D eigenvalue weighted by molar-refractivity contribution is 0.213. The molecule has 4 heteroatoms. The summed E-state index contributed by atoms with van der Waals surface area (Å²) in [5.74, 6) is 3.05. The van der Waals surface area contributed by atoms with Crippen molar-refractivity contribution in [3.05, 3.63) is 0 Å². The van der Waals surface area contributed by atoms with Gasteiger partial charge in [0.25, 0.3) is 0 Å². The van der Waals surface area contributed by atoms with Crippen LogP contribution in [-0.2, 0) is 0 Å². The molecular formula is C13H23N3O. The highest BCUT2D eigenvalue weighted by atomic mass is 16.2. The maximum absolute atomic E-state index is 11.4. The summed E-state index contributed by atoms with van der Waals surface area (Å²) in [7, 11) is 0. The van der Waals surface area contributed by atoms with Crippen LogP contribution in [0.2, 0.25) is 0 Å². The average Bonchev–Trinajstić information content (AvgIpc) is 2.70. The Morgan fingerprint density at radius 2 is 2.29 bits per heavy atom. The van der Waals surface area contributed by atoms with E-state index in [0.717, 1.165) is 13.1 Å². The van der Waals surface area contributed by atoms with E-state index in [1.807, 2.05) is 0 Å². The lowest BCUT2D eigenvalue weighted by atomic mass is 10.1. The van der Waals surface area contributed by atoms with Gasteiger partial charge < -0.3 is 10.6 Å². The van der Waals surface area contributed by atoms with Crippen molar-refractivity contribution in [3.63, 3.8) is 0 Å². The van der Waals surface area contributed by atoms with Crippen molar-refractivity contribution < 1.29 is 4.79 Å². The van der Waals surface area contributed by atoms with Crippen LogP contribution in [0.4, 0.5) is 4.79 Å². The first-order valence-corrected chi connectivity index (χ1v) is 6.32. The zero-order chi connectivity index (χ0) is 12.7. The third-order valence-corrected chi connectivity index (χ3v) is 2.95. The minimum atomic E-state index is -0.167. The normalized spacial score (nSPS) is 20.2. The number of amides is 2. The minimum Gasteiger partial charge on any atom is -0.337 e. The number of hydrogen-bond acceptors (Lipinski definition) is 2. The second-order valence-corrected chi connectivity index (χ2v) is 4.95. The Kier molecular flexibility index (Phi) is 5.85. The second-order valence-electron chi connectivity index (χ2n) is 4.95. The highest BCUT2D eigenvalue weighted by Crippen LogP contribution is 2.17. The van der Waals surface area contributed by atoms with Crippen LogP contribution in [0.15, 0.2) is 0 Å². The first-order chi connectivity index (χ1) is 8.13. The summed E-state index contributed by atoms with van der Waals surface area (Å²) in [5.41, 5.74) is 0. The molecule has 0 aliphatic carbocycles. The minimum absolute atomic E-state index is 0.167. The van der Waals surface area contributed by atoms with Gasteiger partial charge in [0.1, 0.15) is 0 Å². The largest absolute Gasteiger partial charge is 0.337 e. The van der Waals surface area contributed by atoms with Crippen LogP contribution >= 0.6 is 0 Å². The molecule has 1 heterocycles. The first-order valence-electron chi connectivity index (χ1n) is 6.32. The molecule has 1 rings (SSSR count). The third kappa shape index (κ3) is 5.10. The maximum atomic E-state index is 11.4. The summed E-state index contributed by atoms with van der Waals surface area (Å²) < 4.78 is 0. The molecule has 1 aliphatic heterocycles. The molecule has 1 fully saturated rings. The molecule has 0 saturated carbocycles. The summed E-state index contributed by atoms with van der Waals surface area (Å²) in [4.78, 5) is 13.8. The monoisotopic (exact) mass is 237 g/mol. The molecule has 0 aromatic rings. The average molecular weight is 237 g/mol. The van der Waals surface area contributed by atoms with Crippen molar-refractivity contribution in [3.8, 4) is 12.3 Å². The fourth-order valence-corrected chi connectivity index (χ4v) is 2.24. The van der Waals surface area contributed by atoms with E-state index in [9.17, 15) is 4.79 Å². The van der Waals surface area contributed by atoms with Crippen LogP contribution in [0.3, 0.4) is 0 Å². The molecule has 0 aromatic heterocycles. The van der Waals surface area contributed by atoms with E-state index in [1.54, 1.807) is 0 Å². The Bertz CT molecular complexity index is 283. The van der Waals surface area contributed by atoms with Gasteiger partial charge in [-0.25, -0.2) is 4.79 Å². The predicted octanol–water partition coefficient (Wildman–Crippen LogP) is 1.04. The summed E-state index contributed by atoms with van der Waals surface area (Å²) in [5, 5.41) is 5.48. The highest BCUT2D eigenvalue weighted by molar-refractivity contribution is 5.74. The number of nitrogens with one attached hydrogen (secondary N) is 2. The molecule has 1 aliphatic rings. The van der Waals surface area contributed by atoms with E-state index >= 15 is 0 Å². The topological polar surface area (TPSA) is 44.4 Å². The summed E-state index contributed by atoms with van der Waals surface area (Å²) >= 11 is 0. The highest BCUT2D eigenvalue weighted by Gasteiger charge is 2.24. The molecule has 2 N–H and O–H groups in total. The maximum Gasteiger partial charge on any atom is 0.315 e. The van der Waals surface area contributed by atoms with Gasteiger partial charge in [0.2, 0.25) is 0 Å². The number of likely N-dealkylation sites (tertiary alicyclic amines) is 1. The summed E-state index contributed by atoms with van der Waals surface area (Å²) in [6.07, 6.45) is 7.47. The van der Waals surface area contributed by atoms with Crippen molar-refractivity contribution in [2.45, 2.75) is 32.7 Å². The molecular weight excluding hydrogens is 214 g/mol. The van der Waals surface area contributed by atoms with Crippen LogP contribution in [0.25, 0.3) is 0 Å². The predicted molar refractivity (Wildman–Crippen MR) is 69.7 cm³/mol. The molecule has 4 nitrogen and oxygen atoms in total. The van der Waals surface area contributed by atoms with Gasteiger partial charge in [-0.1, -0.05) is 19.8 Å². The van der Waals surface area contributed by atoms with Crippen molar-refractivity contribution in [1.29, 1.82) is 0 Å². The Labute approximate surface area is 104 Å². The molecule has 96 valence electrons. The lowest BCUT2D eigenvalue weighted by Gasteiger charge is -2.26. The Morgan fingerprint density at radius 3 is 2.94 bits per heavy atom. The van der Waals surface area contributed by atoms with E-state index in [1.165, 1.54) is 12.8 Å². The van der Waals surface area contributed by atoms with Crippen LogP contribution in [0.5, 0.6) is 0 Å². The molecule has 0 unspecified atom stereocenters. The quantitative estimate of drug-likeness (QED) is 0.702. The molecule has 0 aromatic carbocycles. The van der Waals surface area contributed by atoms with E-state index in [0.29, 0.717) is 18.5 Å². The number of hydrogen-bond donors (Lipinski definition) is 2. The standard InChI is InChI=1S/C13H23N3O/c1-4-7-14-13(17)15-9-12-6-5-8-16(12)10-11(2)3/h1,11-12H,5-10H2,2-3H3,(H2,14,15,17)/t12-/m1/s1. The zero-order valence-corrected chi connectivity index (χ0v) is 10.8. The number of urea groups is 1. The lowest BCUT2D eigenvalue weighted by Crippen LogP contribution is -2.44. The Hall–Kier alpha value is -1.21. The van der Waals surface area contributed by atoms with Gasteiger partial charge in [-0.2, -0.15) is 0 Å². The van der Waals surface area contributed by atoms with E-state index in [2.05, 4.69) is 35.3 Å². The van der Waals surface area contributed by atoms with E-state index in [-0.39, 0.29) is 12.6 Å². The van der Waals surface area contributed by atoms with E-state index < -0.39 is 0 Å². The first kappa shape index (κ1) is 13.9. The van der Waals surface area contributed by atoms with Crippen molar-refractivity contribution in [2.24, 2.45) is 5.92 Å². The van der Waals surface area contributed by atoms with Crippen molar-refractivity contribution in [1.82, 2.24) is 15.5 Å². The van der Waals surface area contributed by atoms with Gasteiger partial charge in [-0.05, 0) is 25.3 Å². The molecule has 1 atom stereocenters. The summed E-state index contributed by atoms with van der Waals surface area (Å²) in [6.45, 7) is 7.70. The molecule has 0 spiro atoms. The van der Waals surface area contributed by atoms with Crippen LogP contribution < -0.4 is 10.6 Å². The van der Waals surface area contributed by atoms with E-state index in [4.69, 9.17) is 6.42 Å². The summed E-state index contributed by atoms with van der Waals surface area (Å²) in [6, 6.07) is 0.313. The zero-order valence-electron chi connectivity index (χ0n) is 10.8. The van der Waals surface area contributed by atoms with Crippen LogP contribution in [0, 0.1) is 18.3 Å².